The van der Waals surface area contributed by atoms with E-state index in [0.717, 1.165) is 12.0 Å². The maximum absolute atomic E-state index is 17.2. The minimum absolute atomic E-state index is 0.00157. The van der Waals surface area contributed by atoms with Crippen molar-refractivity contribution in [1.29, 1.82) is 0 Å². The van der Waals surface area contributed by atoms with Crippen LogP contribution in [0.3, 0.4) is 0 Å². The van der Waals surface area contributed by atoms with Crippen molar-refractivity contribution >= 4 is 23.3 Å². The number of hydrogen-bond donors (Lipinski definition) is 0. The molecule has 4 aliphatic carbocycles. The van der Waals surface area contributed by atoms with Gasteiger partial charge in [-0.05, 0) is 51.0 Å². The Kier molecular flexibility index (Phi) is 5.77. The number of carbonyl (C=O) groups excluding carboxylic acids is 4. The maximum atomic E-state index is 17.2. The molecule has 4 aliphatic rings. The van der Waals surface area contributed by atoms with Crippen molar-refractivity contribution in [1.82, 2.24) is 0 Å². The molecule has 5 nitrogen and oxygen atoms in total. The number of Topliss-reactive ketones (excluding diaryl/α,β-unsaturated/α-hetero) is 2. The lowest BCUT2D eigenvalue weighted by Gasteiger charge is -2.60. The molecule has 0 heterocycles. The normalized spacial score (nSPS) is 44.4. The van der Waals surface area contributed by atoms with Gasteiger partial charge in [0.1, 0.15) is 0 Å². The van der Waals surface area contributed by atoms with Gasteiger partial charge in [0.05, 0.1) is 0 Å². The van der Waals surface area contributed by atoms with Gasteiger partial charge in [-0.25, -0.2) is 4.39 Å². The number of fused-ring (bicyclic) bond motifs is 5. The summed E-state index contributed by atoms with van der Waals surface area (Å²) in [5.41, 5.74) is -4.67. The van der Waals surface area contributed by atoms with Gasteiger partial charge in [0, 0.05) is 41.9 Å². The monoisotopic (exact) mass is 460 g/mol. The first-order valence-corrected chi connectivity index (χ1v) is 12.6. The Morgan fingerprint density at radius 1 is 1.18 bits per heavy atom. The number of ether oxygens (including phenoxy) is 1. The fourth-order valence-electron chi connectivity index (χ4n) is 8.20. The zero-order chi connectivity index (χ0) is 24.4. The number of alkyl halides is 1. The molecule has 0 aromatic carbocycles. The second kappa shape index (κ2) is 7.84. The molecule has 0 bridgehead atoms. The summed E-state index contributed by atoms with van der Waals surface area (Å²) in [6, 6.07) is 0. The largest absolute Gasteiger partial charge is 0.450 e. The van der Waals surface area contributed by atoms with Crippen LogP contribution in [-0.2, 0) is 23.9 Å². The van der Waals surface area contributed by atoms with Crippen molar-refractivity contribution in [2.24, 2.45) is 28.6 Å². The molecule has 7 atom stereocenters. The van der Waals surface area contributed by atoms with E-state index in [-0.39, 0.29) is 42.7 Å². The smallest absolute Gasteiger partial charge is 0.306 e. The highest BCUT2D eigenvalue weighted by atomic mass is 19.1. The summed E-state index contributed by atoms with van der Waals surface area (Å²) in [5, 5.41) is 0. The molecular weight excluding hydrogens is 423 g/mol. The van der Waals surface area contributed by atoms with E-state index in [1.165, 1.54) is 6.92 Å². The van der Waals surface area contributed by atoms with Gasteiger partial charge in [0.25, 0.3) is 0 Å². The van der Waals surface area contributed by atoms with Crippen LogP contribution in [0.1, 0.15) is 92.4 Å². The molecule has 0 amide bonds. The number of ketones is 3. The molecule has 0 N–H and O–H groups in total. The summed E-state index contributed by atoms with van der Waals surface area (Å²) in [6.07, 6.45) is 5.31. The molecule has 3 saturated carbocycles. The van der Waals surface area contributed by atoms with Gasteiger partial charge in [-0.3, -0.25) is 19.2 Å². The molecule has 0 aromatic rings. The highest BCUT2D eigenvalue weighted by Crippen LogP contribution is 2.71. The van der Waals surface area contributed by atoms with E-state index in [4.69, 9.17) is 4.74 Å². The fraction of sp³-hybridized carbons (Fsp3) is 0.778. The van der Waals surface area contributed by atoms with E-state index in [2.05, 4.69) is 0 Å². The molecule has 0 unspecified atom stereocenters. The quantitative estimate of drug-likeness (QED) is 0.534. The van der Waals surface area contributed by atoms with Crippen LogP contribution in [0.15, 0.2) is 11.6 Å². The van der Waals surface area contributed by atoms with Gasteiger partial charge in [0.15, 0.2) is 28.6 Å². The van der Waals surface area contributed by atoms with Crippen LogP contribution in [0.2, 0.25) is 0 Å². The van der Waals surface area contributed by atoms with Crippen molar-refractivity contribution < 1.29 is 28.3 Å². The molecule has 182 valence electrons. The number of rotatable bonds is 5. The number of hydrogen-bond acceptors (Lipinski definition) is 5. The third kappa shape index (κ3) is 3.01. The van der Waals surface area contributed by atoms with Gasteiger partial charge in [-0.15, -0.1) is 0 Å². The van der Waals surface area contributed by atoms with Gasteiger partial charge >= 0.3 is 5.97 Å². The van der Waals surface area contributed by atoms with E-state index in [9.17, 15) is 19.2 Å². The van der Waals surface area contributed by atoms with Crippen molar-refractivity contribution in [2.75, 3.05) is 0 Å². The van der Waals surface area contributed by atoms with E-state index < -0.39 is 39.8 Å². The van der Waals surface area contributed by atoms with Crippen molar-refractivity contribution in [3.63, 3.8) is 0 Å². The second-order valence-electron chi connectivity index (χ2n) is 11.5. The molecule has 0 aliphatic heterocycles. The predicted octanol–water partition coefficient (Wildman–Crippen LogP) is 5.10. The average molecular weight is 461 g/mol. The van der Waals surface area contributed by atoms with Gasteiger partial charge in [0.2, 0.25) is 0 Å². The summed E-state index contributed by atoms with van der Waals surface area (Å²) >= 11 is 0. The molecule has 33 heavy (non-hydrogen) atoms. The lowest BCUT2D eigenvalue weighted by atomic mass is 9.44. The summed E-state index contributed by atoms with van der Waals surface area (Å²) in [4.78, 5) is 51.8. The van der Waals surface area contributed by atoms with Gasteiger partial charge in [-0.2, -0.15) is 0 Å². The SMILES string of the molecule is CCCCC(=O)O[C@@]1(C(C)=O)[C@@H](C)C[C@H]2[C@@H]3CCC4=CC(=O)CC[C@]4(C)[C@@]3(F)C(=O)C[C@@]21C. The first-order chi connectivity index (χ1) is 15.4. The van der Waals surface area contributed by atoms with Crippen molar-refractivity contribution in [3.8, 4) is 0 Å². The first kappa shape index (κ1) is 24.3. The third-order valence-corrected chi connectivity index (χ3v) is 9.87. The number of unbranched alkanes of at least 4 members (excludes halogenated alkanes) is 1. The zero-order valence-electron chi connectivity index (χ0n) is 20.6. The minimum Gasteiger partial charge on any atom is -0.450 e. The molecule has 4 rings (SSSR count). The average Bonchev–Trinajstić information content (AvgIpc) is 2.96. The van der Waals surface area contributed by atoms with E-state index >= 15 is 4.39 Å². The topological polar surface area (TPSA) is 77.5 Å². The lowest BCUT2D eigenvalue weighted by molar-refractivity contribution is -0.204. The Hall–Kier alpha value is -1.85. The van der Waals surface area contributed by atoms with Crippen LogP contribution in [-0.4, -0.2) is 34.6 Å². The van der Waals surface area contributed by atoms with Crippen LogP contribution in [0.25, 0.3) is 0 Å². The predicted molar refractivity (Wildman–Crippen MR) is 121 cm³/mol. The molecule has 0 saturated heterocycles. The Bertz CT molecular complexity index is 939. The Morgan fingerprint density at radius 3 is 2.52 bits per heavy atom. The second-order valence-corrected chi connectivity index (χ2v) is 11.5. The first-order valence-electron chi connectivity index (χ1n) is 12.6. The Morgan fingerprint density at radius 2 is 1.88 bits per heavy atom. The highest BCUT2D eigenvalue weighted by molar-refractivity contribution is 5.97. The van der Waals surface area contributed by atoms with Crippen LogP contribution >= 0.6 is 0 Å². The minimum atomic E-state index is -2.07. The Labute approximate surface area is 195 Å². The van der Waals surface area contributed by atoms with Crippen molar-refractivity contribution in [3.05, 3.63) is 11.6 Å². The standard InChI is InChI=1S/C27H37FO5/c1-6-7-8-23(32)33-27(17(3)29)16(2)13-21-20-10-9-18-14-19(30)11-12-24(18,4)26(20,28)22(31)15-25(21,27)5/h14,16,20-21H,6-13,15H2,1-5H3/t16-,20-,21-,24-,25-,26-,27+/m0/s1. The molecule has 0 spiro atoms. The van der Waals surface area contributed by atoms with E-state index in [1.807, 2.05) is 20.8 Å². The molecule has 6 heteroatoms. The molecular formula is C27H37FO5. The number of carbonyl (C=O) groups is 4. The summed E-state index contributed by atoms with van der Waals surface area (Å²) in [7, 11) is 0. The number of allylic oxidation sites excluding steroid dienone is 1. The number of esters is 1. The van der Waals surface area contributed by atoms with Crippen LogP contribution < -0.4 is 0 Å². The van der Waals surface area contributed by atoms with Crippen LogP contribution in [0.5, 0.6) is 0 Å². The lowest BCUT2D eigenvalue weighted by Crippen LogP contribution is -2.68. The zero-order valence-corrected chi connectivity index (χ0v) is 20.6. The summed E-state index contributed by atoms with van der Waals surface area (Å²) in [6.45, 7) is 8.99. The molecule has 0 radical (unpaired) electrons. The highest BCUT2D eigenvalue weighted by Gasteiger charge is 2.77. The van der Waals surface area contributed by atoms with Crippen molar-refractivity contribution in [2.45, 2.75) is 104 Å². The van der Waals surface area contributed by atoms with Crippen LogP contribution in [0.4, 0.5) is 4.39 Å². The van der Waals surface area contributed by atoms with Crippen LogP contribution in [0, 0.1) is 28.6 Å². The van der Waals surface area contributed by atoms with Gasteiger partial charge in [-0.1, -0.05) is 39.7 Å². The Balaban J connectivity index is 1.78. The number of halogens is 1. The fourth-order valence-corrected chi connectivity index (χ4v) is 8.20. The summed E-state index contributed by atoms with van der Waals surface area (Å²) < 4.78 is 23.2. The molecule has 3 fully saturated rings. The van der Waals surface area contributed by atoms with E-state index in [0.29, 0.717) is 32.1 Å². The third-order valence-electron chi connectivity index (χ3n) is 9.87. The van der Waals surface area contributed by atoms with Gasteiger partial charge < -0.3 is 4.74 Å². The van der Waals surface area contributed by atoms with E-state index in [1.54, 1.807) is 13.0 Å². The summed E-state index contributed by atoms with van der Waals surface area (Å²) in [5.74, 6) is -2.29. The molecule has 0 aromatic heterocycles. The maximum Gasteiger partial charge on any atom is 0.306 e.